The highest BCUT2D eigenvalue weighted by Crippen LogP contribution is 2.36. The number of phosphoric acid groups is 1. The molecule has 0 saturated carbocycles. The molecule has 11 heteroatoms. The minimum Gasteiger partial charge on any atom is -0.462 e. The molecule has 0 bridgehead atoms. The molecule has 58 heavy (non-hydrogen) atoms. The van der Waals surface area contributed by atoms with Crippen LogP contribution in [0.4, 0.5) is 0 Å². The molecule has 4 N–H and O–H groups in total. The van der Waals surface area contributed by atoms with Gasteiger partial charge in [0.25, 0.3) is 0 Å². The molecule has 0 heterocycles. The number of esters is 2. The van der Waals surface area contributed by atoms with Crippen molar-refractivity contribution < 1.29 is 48.2 Å². The highest BCUT2D eigenvalue weighted by Gasteiger charge is 2.22. The number of carbonyl (C=O) groups is 2. The summed E-state index contributed by atoms with van der Waals surface area (Å²) >= 11 is 0. The van der Waals surface area contributed by atoms with Crippen molar-refractivity contribution in [3.05, 3.63) is 72.9 Å². The number of ether oxygens (including phenoxy) is 2. The molecule has 334 valence electrons. The molecule has 0 unspecified atom stereocenters. The minimum absolute atomic E-state index is 0.0288. The second kappa shape index (κ2) is 41.2. The lowest BCUT2D eigenvalue weighted by Gasteiger charge is -2.18. The van der Waals surface area contributed by atoms with Crippen molar-refractivity contribution in [3.8, 4) is 0 Å². The Hall–Kier alpha value is -2.59. The van der Waals surface area contributed by atoms with Crippen LogP contribution < -0.4 is 0 Å². The number of hydrogen-bond acceptors (Lipinski definition) is 8. The van der Waals surface area contributed by atoms with Gasteiger partial charge in [-0.2, -0.15) is 0 Å². The zero-order valence-electron chi connectivity index (χ0n) is 36.1. The maximum absolute atomic E-state index is 12.4. The normalized spacial score (nSPS) is 14.2. The number of phosphoric ester groups is 1. The van der Waals surface area contributed by atoms with Gasteiger partial charge in [-0.3, -0.25) is 14.1 Å². The van der Waals surface area contributed by atoms with Gasteiger partial charge in [0.05, 0.1) is 18.8 Å². The summed E-state index contributed by atoms with van der Waals surface area (Å²) < 4.78 is 26.3. The lowest BCUT2D eigenvalue weighted by atomic mass is 10.0. The Kier molecular flexibility index (Phi) is 39.3. The van der Waals surface area contributed by atoms with E-state index >= 15 is 0 Å². The molecule has 0 aromatic rings. The zero-order chi connectivity index (χ0) is 42.8. The molecular weight excluding hydrogens is 755 g/mol. The Morgan fingerprint density at radius 3 is 1.50 bits per heavy atom. The zero-order valence-corrected chi connectivity index (χ0v) is 37.0. The molecule has 0 spiro atoms. The number of rotatable bonds is 40. The first-order valence-electron chi connectivity index (χ1n) is 22.4. The second-order valence-electron chi connectivity index (χ2n) is 15.1. The molecule has 0 aliphatic rings. The van der Waals surface area contributed by atoms with Crippen LogP contribution in [-0.2, 0) is 28.2 Å². The molecule has 0 aliphatic carbocycles. The first-order valence-corrected chi connectivity index (χ1v) is 24.0. The standard InChI is InChI=1S/C47H81O10P/c1-3-5-7-8-9-10-11-12-13-14-15-16-17-18-19-20-21-25-33-39-46(50)55-41-45(42-56-58(52,53)54)57-47(51)40-34-26-23-22-24-30-36-44(49)38-32-28-27-31-37-43(48)35-29-6-4-2/h6,23-24,26-32,37-38,43-45,48-49H,3-5,7-22,25,33-36,39-42H2,1-2H3,(H2,52,53,54)/b26-23-,28-27-,29-6-,30-24-,37-31+,38-32+/t43-,44+,45+/m0/s1. The predicted molar refractivity (Wildman–Crippen MR) is 237 cm³/mol. The quantitative estimate of drug-likeness (QED) is 0.0154. The van der Waals surface area contributed by atoms with Crippen molar-refractivity contribution >= 4 is 19.8 Å². The van der Waals surface area contributed by atoms with E-state index in [4.69, 9.17) is 19.3 Å². The highest BCUT2D eigenvalue weighted by molar-refractivity contribution is 7.46. The summed E-state index contributed by atoms with van der Waals surface area (Å²) in [7, 11) is -4.81. The van der Waals surface area contributed by atoms with Gasteiger partial charge in [0.1, 0.15) is 6.61 Å². The lowest BCUT2D eigenvalue weighted by molar-refractivity contribution is -0.161. The predicted octanol–water partition coefficient (Wildman–Crippen LogP) is 11.8. The number of allylic oxidation sites excluding steroid dienone is 8. The van der Waals surface area contributed by atoms with E-state index in [1.54, 1.807) is 36.5 Å². The van der Waals surface area contributed by atoms with Crippen LogP contribution in [0.15, 0.2) is 72.9 Å². The van der Waals surface area contributed by atoms with E-state index < -0.39 is 44.7 Å². The Morgan fingerprint density at radius 1 is 0.552 bits per heavy atom. The van der Waals surface area contributed by atoms with Crippen molar-refractivity contribution in [1.29, 1.82) is 0 Å². The van der Waals surface area contributed by atoms with Crippen LogP contribution in [0, 0.1) is 0 Å². The summed E-state index contributed by atoms with van der Waals surface area (Å²) in [6.07, 6.45) is 47.0. The summed E-state index contributed by atoms with van der Waals surface area (Å²) in [5, 5.41) is 19.9. The van der Waals surface area contributed by atoms with Crippen LogP contribution in [-0.4, -0.2) is 63.5 Å². The van der Waals surface area contributed by atoms with Crippen LogP contribution in [0.1, 0.15) is 181 Å². The van der Waals surface area contributed by atoms with Crippen LogP contribution in [0.2, 0.25) is 0 Å². The Bertz CT molecular complexity index is 1200. The maximum Gasteiger partial charge on any atom is 0.469 e. The summed E-state index contributed by atoms with van der Waals surface area (Å²) in [6, 6.07) is 0. The number of carbonyl (C=O) groups excluding carboxylic acids is 2. The van der Waals surface area contributed by atoms with Crippen molar-refractivity contribution in [2.45, 2.75) is 199 Å². The van der Waals surface area contributed by atoms with Gasteiger partial charge in [-0.1, -0.05) is 202 Å². The Balaban J connectivity index is 4.11. The van der Waals surface area contributed by atoms with Crippen LogP contribution >= 0.6 is 7.82 Å². The van der Waals surface area contributed by atoms with Gasteiger partial charge in [-0.25, -0.2) is 4.57 Å². The first kappa shape index (κ1) is 55.4. The van der Waals surface area contributed by atoms with E-state index in [0.29, 0.717) is 32.1 Å². The monoisotopic (exact) mass is 837 g/mol. The largest absolute Gasteiger partial charge is 0.469 e. The SMILES string of the molecule is CC/C=C\C[C@H](O)/C=C/C=C\C=C\[C@H](O)C/C=C\C/C=C\CCC(=O)O[C@H](COC(=O)CCCCCCCCCCCCCCCCCCCCC)COP(=O)(O)O. The third kappa shape index (κ3) is 43.0. The van der Waals surface area contributed by atoms with E-state index in [-0.39, 0.29) is 19.4 Å². The molecule has 0 amide bonds. The average Bonchev–Trinajstić information content (AvgIpc) is 3.18. The highest BCUT2D eigenvalue weighted by atomic mass is 31.2. The van der Waals surface area contributed by atoms with Crippen molar-refractivity contribution in [2.24, 2.45) is 0 Å². The van der Waals surface area contributed by atoms with E-state index in [1.807, 2.05) is 43.4 Å². The van der Waals surface area contributed by atoms with Crippen molar-refractivity contribution in [1.82, 2.24) is 0 Å². The summed E-state index contributed by atoms with van der Waals surface area (Å²) in [5.74, 6) is -1.05. The molecule has 0 saturated heterocycles. The van der Waals surface area contributed by atoms with E-state index in [2.05, 4.69) is 11.4 Å². The summed E-state index contributed by atoms with van der Waals surface area (Å²) in [4.78, 5) is 42.9. The lowest BCUT2D eigenvalue weighted by Crippen LogP contribution is -2.29. The molecule has 0 radical (unpaired) electrons. The smallest absolute Gasteiger partial charge is 0.462 e. The summed E-state index contributed by atoms with van der Waals surface area (Å²) in [5.41, 5.74) is 0. The number of hydrogen-bond donors (Lipinski definition) is 4. The number of aliphatic hydroxyl groups excluding tert-OH is 2. The van der Waals surface area contributed by atoms with Gasteiger partial charge in [0, 0.05) is 12.8 Å². The number of aliphatic hydroxyl groups is 2. The van der Waals surface area contributed by atoms with Crippen molar-refractivity contribution in [3.63, 3.8) is 0 Å². The van der Waals surface area contributed by atoms with E-state index in [9.17, 15) is 24.4 Å². The van der Waals surface area contributed by atoms with Gasteiger partial charge >= 0.3 is 19.8 Å². The maximum atomic E-state index is 12.4. The molecular formula is C47H81O10P. The third-order valence-electron chi connectivity index (χ3n) is 9.42. The van der Waals surface area contributed by atoms with Gasteiger partial charge < -0.3 is 29.5 Å². The Labute approximate surface area is 352 Å². The van der Waals surface area contributed by atoms with Gasteiger partial charge in [-0.15, -0.1) is 0 Å². The molecule has 3 atom stereocenters. The van der Waals surface area contributed by atoms with Gasteiger partial charge in [0.15, 0.2) is 6.10 Å². The molecule has 0 fully saturated rings. The third-order valence-corrected chi connectivity index (χ3v) is 9.90. The average molecular weight is 837 g/mol. The molecule has 0 aromatic heterocycles. The first-order chi connectivity index (χ1) is 28.1. The fraction of sp³-hybridized carbons (Fsp3) is 0.702. The topological polar surface area (TPSA) is 160 Å². The van der Waals surface area contributed by atoms with Crippen LogP contribution in [0.25, 0.3) is 0 Å². The van der Waals surface area contributed by atoms with Crippen molar-refractivity contribution in [2.75, 3.05) is 13.2 Å². The van der Waals surface area contributed by atoms with E-state index in [0.717, 1.165) is 25.7 Å². The molecule has 0 aromatic carbocycles. The second-order valence-corrected chi connectivity index (χ2v) is 16.3. The fourth-order valence-electron chi connectivity index (χ4n) is 6.05. The molecule has 10 nitrogen and oxygen atoms in total. The van der Waals surface area contributed by atoms with Crippen LogP contribution in [0.3, 0.4) is 0 Å². The fourth-order valence-corrected chi connectivity index (χ4v) is 6.41. The van der Waals surface area contributed by atoms with Gasteiger partial charge in [0.2, 0.25) is 0 Å². The van der Waals surface area contributed by atoms with E-state index in [1.165, 1.54) is 96.3 Å². The van der Waals surface area contributed by atoms with Gasteiger partial charge in [-0.05, 0) is 38.5 Å². The Morgan fingerprint density at radius 2 is 1.02 bits per heavy atom. The number of unbranched alkanes of at least 4 members (excludes halogenated alkanes) is 18. The summed E-state index contributed by atoms with van der Waals surface area (Å²) in [6.45, 7) is 3.36. The minimum atomic E-state index is -4.81. The van der Waals surface area contributed by atoms with Crippen LogP contribution in [0.5, 0.6) is 0 Å². The molecule has 0 aliphatic heterocycles. The molecule has 0 rings (SSSR count).